The topological polar surface area (TPSA) is 17.8 Å². The van der Waals surface area contributed by atoms with Crippen molar-refractivity contribution in [3.8, 4) is 0 Å². The summed E-state index contributed by atoms with van der Waals surface area (Å²) in [7, 11) is 0. The van der Waals surface area contributed by atoms with E-state index >= 15 is 0 Å². The normalized spacial score (nSPS) is 16.9. The molecule has 1 aromatic heterocycles. The van der Waals surface area contributed by atoms with Gasteiger partial charge in [-0.15, -0.1) is 11.6 Å². The molecule has 1 heterocycles. The van der Waals surface area contributed by atoms with E-state index in [-0.39, 0.29) is 5.82 Å². The summed E-state index contributed by atoms with van der Waals surface area (Å²) < 4.78 is 15.4. The van der Waals surface area contributed by atoms with E-state index in [0.717, 1.165) is 23.8 Å². The second-order valence-corrected chi connectivity index (χ2v) is 6.01. The molecular weight excluding hydrogens is 275 g/mol. The van der Waals surface area contributed by atoms with E-state index in [9.17, 15) is 4.39 Å². The number of halogens is 2. The first-order chi connectivity index (χ1) is 9.78. The fraction of sp³-hybridized carbons (Fsp3) is 0.562. The van der Waals surface area contributed by atoms with E-state index in [1.165, 1.54) is 50.7 Å². The molecule has 2 aromatic rings. The molecule has 0 saturated heterocycles. The summed E-state index contributed by atoms with van der Waals surface area (Å²) in [6.45, 7) is 0.939. The Morgan fingerprint density at radius 2 is 2.05 bits per heavy atom. The van der Waals surface area contributed by atoms with Gasteiger partial charge in [-0.25, -0.2) is 9.37 Å². The van der Waals surface area contributed by atoms with Crippen LogP contribution < -0.4 is 0 Å². The Morgan fingerprint density at radius 3 is 2.80 bits per heavy atom. The lowest BCUT2D eigenvalue weighted by molar-refractivity contribution is 0.324. The van der Waals surface area contributed by atoms with Crippen LogP contribution in [0, 0.1) is 11.7 Å². The molecule has 108 valence electrons. The zero-order valence-electron chi connectivity index (χ0n) is 11.6. The van der Waals surface area contributed by atoms with Gasteiger partial charge in [0.05, 0.1) is 16.9 Å². The number of imidazole rings is 1. The number of hydrogen-bond acceptors (Lipinski definition) is 1. The Bertz CT molecular complexity index is 587. The molecule has 4 heteroatoms. The fourth-order valence-corrected chi connectivity index (χ4v) is 3.50. The minimum absolute atomic E-state index is 0.240. The van der Waals surface area contributed by atoms with Crippen LogP contribution >= 0.6 is 11.6 Å². The zero-order chi connectivity index (χ0) is 13.9. The molecule has 0 amide bonds. The van der Waals surface area contributed by atoms with E-state index in [1.54, 1.807) is 0 Å². The largest absolute Gasteiger partial charge is 0.327 e. The second-order valence-electron chi connectivity index (χ2n) is 5.74. The van der Waals surface area contributed by atoms with Crippen molar-refractivity contribution in [3.05, 3.63) is 29.8 Å². The average molecular weight is 295 g/mol. The molecule has 0 bridgehead atoms. The fourth-order valence-electron chi connectivity index (χ4n) is 3.29. The molecule has 2 nitrogen and oxygen atoms in total. The maximum Gasteiger partial charge on any atom is 0.125 e. The summed E-state index contributed by atoms with van der Waals surface area (Å²) >= 11 is 5.99. The van der Waals surface area contributed by atoms with E-state index in [2.05, 4.69) is 9.55 Å². The molecule has 0 radical (unpaired) electrons. The quantitative estimate of drug-likeness (QED) is 0.735. The van der Waals surface area contributed by atoms with Gasteiger partial charge in [-0.2, -0.15) is 0 Å². The molecule has 1 saturated carbocycles. The lowest BCUT2D eigenvalue weighted by Crippen LogP contribution is -2.11. The van der Waals surface area contributed by atoms with Crippen molar-refractivity contribution in [2.45, 2.75) is 50.9 Å². The number of aryl methyl sites for hydroxylation is 1. The smallest absolute Gasteiger partial charge is 0.125 e. The standard InChI is InChI=1S/C16H20ClFN2/c17-11-16-19-14-10-13(18)6-7-15(14)20(16)9-8-12-4-2-1-3-5-12/h6-7,10,12H,1-5,8-9,11H2. The van der Waals surface area contributed by atoms with Gasteiger partial charge in [0.1, 0.15) is 11.6 Å². The molecule has 0 aliphatic heterocycles. The number of aromatic nitrogens is 2. The van der Waals surface area contributed by atoms with Crippen molar-refractivity contribution in [1.82, 2.24) is 9.55 Å². The highest BCUT2D eigenvalue weighted by molar-refractivity contribution is 6.16. The van der Waals surface area contributed by atoms with Gasteiger partial charge >= 0.3 is 0 Å². The van der Waals surface area contributed by atoms with E-state index < -0.39 is 0 Å². The Kier molecular flexibility index (Phi) is 4.25. The lowest BCUT2D eigenvalue weighted by atomic mass is 9.87. The van der Waals surface area contributed by atoms with Crippen LogP contribution in [0.1, 0.15) is 44.3 Å². The van der Waals surface area contributed by atoms with Crippen molar-refractivity contribution >= 4 is 22.6 Å². The van der Waals surface area contributed by atoms with Crippen molar-refractivity contribution in [1.29, 1.82) is 0 Å². The molecule has 3 rings (SSSR count). The Labute approximate surface area is 123 Å². The summed E-state index contributed by atoms with van der Waals surface area (Å²) in [5.74, 6) is 1.81. The Morgan fingerprint density at radius 1 is 1.25 bits per heavy atom. The molecule has 0 atom stereocenters. The third kappa shape index (κ3) is 2.83. The maximum absolute atomic E-state index is 13.3. The highest BCUT2D eigenvalue weighted by atomic mass is 35.5. The molecule has 0 spiro atoms. The van der Waals surface area contributed by atoms with Crippen molar-refractivity contribution in [2.75, 3.05) is 0 Å². The van der Waals surface area contributed by atoms with Crippen molar-refractivity contribution in [3.63, 3.8) is 0 Å². The second kappa shape index (κ2) is 6.13. The van der Waals surface area contributed by atoms with E-state index in [4.69, 9.17) is 11.6 Å². The first-order valence-electron chi connectivity index (χ1n) is 7.48. The van der Waals surface area contributed by atoms with E-state index in [1.807, 2.05) is 6.07 Å². The molecular formula is C16H20ClFN2. The molecule has 1 aromatic carbocycles. The number of fused-ring (bicyclic) bond motifs is 1. The first-order valence-corrected chi connectivity index (χ1v) is 8.02. The predicted octanol–water partition coefficient (Wildman–Crippen LogP) is 4.88. The first kappa shape index (κ1) is 13.9. The molecule has 1 fully saturated rings. The van der Waals surface area contributed by atoms with Crippen LogP contribution in [0.4, 0.5) is 4.39 Å². The predicted molar refractivity (Wildman–Crippen MR) is 80.4 cm³/mol. The van der Waals surface area contributed by atoms with Crippen LogP contribution in [0.3, 0.4) is 0 Å². The minimum atomic E-state index is -0.240. The number of benzene rings is 1. The molecule has 1 aliphatic carbocycles. The third-order valence-electron chi connectivity index (χ3n) is 4.39. The van der Waals surface area contributed by atoms with Crippen LogP contribution in [0.5, 0.6) is 0 Å². The molecule has 0 N–H and O–H groups in total. The highest BCUT2D eigenvalue weighted by Crippen LogP contribution is 2.28. The van der Waals surface area contributed by atoms with Gasteiger partial charge in [-0.1, -0.05) is 32.1 Å². The zero-order valence-corrected chi connectivity index (χ0v) is 12.4. The van der Waals surface area contributed by atoms with Gasteiger partial charge in [0.2, 0.25) is 0 Å². The van der Waals surface area contributed by atoms with Crippen molar-refractivity contribution < 1.29 is 4.39 Å². The highest BCUT2D eigenvalue weighted by Gasteiger charge is 2.16. The number of rotatable bonds is 4. The summed E-state index contributed by atoms with van der Waals surface area (Å²) in [5.41, 5.74) is 1.71. The maximum atomic E-state index is 13.3. The Balaban J connectivity index is 1.81. The van der Waals surface area contributed by atoms with Crippen LogP contribution in [0.15, 0.2) is 18.2 Å². The molecule has 0 unspecified atom stereocenters. The van der Waals surface area contributed by atoms with Gasteiger partial charge < -0.3 is 4.57 Å². The van der Waals surface area contributed by atoms with Gasteiger partial charge in [0.25, 0.3) is 0 Å². The number of nitrogens with zero attached hydrogens (tertiary/aromatic N) is 2. The molecule has 20 heavy (non-hydrogen) atoms. The van der Waals surface area contributed by atoms with Gasteiger partial charge in [0, 0.05) is 12.6 Å². The average Bonchev–Trinajstić information content (AvgIpc) is 2.83. The summed E-state index contributed by atoms with van der Waals surface area (Å²) in [5, 5.41) is 0. The SMILES string of the molecule is Fc1ccc2c(c1)nc(CCl)n2CCC1CCCCC1. The monoisotopic (exact) mass is 294 g/mol. The van der Waals surface area contributed by atoms with Crippen LogP contribution in [0.25, 0.3) is 11.0 Å². The third-order valence-corrected chi connectivity index (χ3v) is 4.63. The van der Waals surface area contributed by atoms with E-state index in [0.29, 0.717) is 11.4 Å². The van der Waals surface area contributed by atoms with Gasteiger partial charge in [-0.3, -0.25) is 0 Å². The van der Waals surface area contributed by atoms with Gasteiger partial charge in [-0.05, 0) is 24.5 Å². The number of alkyl halides is 1. The Hall–Kier alpha value is -1.09. The van der Waals surface area contributed by atoms with Crippen LogP contribution in [-0.4, -0.2) is 9.55 Å². The molecule has 1 aliphatic rings. The summed E-state index contributed by atoms with van der Waals surface area (Å²) in [6.07, 6.45) is 7.98. The van der Waals surface area contributed by atoms with Crippen LogP contribution in [-0.2, 0) is 12.4 Å². The summed E-state index contributed by atoms with van der Waals surface area (Å²) in [4.78, 5) is 4.45. The van der Waals surface area contributed by atoms with Crippen molar-refractivity contribution in [2.24, 2.45) is 5.92 Å². The number of hydrogen-bond donors (Lipinski definition) is 0. The van der Waals surface area contributed by atoms with Crippen LogP contribution in [0.2, 0.25) is 0 Å². The summed E-state index contributed by atoms with van der Waals surface area (Å²) in [6, 6.07) is 4.80. The van der Waals surface area contributed by atoms with Gasteiger partial charge in [0.15, 0.2) is 0 Å². The lowest BCUT2D eigenvalue weighted by Gasteiger charge is -2.22. The minimum Gasteiger partial charge on any atom is -0.327 e.